The van der Waals surface area contributed by atoms with Gasteiger partial charge in [0.05, 0.1) is 0 Å². The molecule has 0 heterocycles. The first-order chi connectivity index (χ1) is 9.43. The fourth-order valence-electron chi connectivity index (χ4n) is 1.97. The van der Waals surface area contributed by atoms with E-state index in [4.69, 9.17) is 5.11 Å². The molecule has 0 radical (unpaired) electrons. The fourth-order valence-corrected chi connectivity index (χ4v) is 1.97. The van der Waals surface area contributed by atoms with Crippen LogP contribution < -0.4 is 10.1 Å². The van der Waals surface area contributed by atoms with E-state index in [-0.39, 0.29) is 12.4 Å². The van der Waals surface area contributed by atoms with E-state index in [0.717, 1.165) is 29.7 Å². The molecule has 1 aromatic rings. The van der Waals surface area contributed by atoms with Crippen LogP contribution in [0.25, 0.3) is 0 Å². The molecular formula is C15H23F2NO2. The molecule has 0 saturated heterocycles. The number of hydrogen-bond donors (Lipinski definition) is 2. The zero-order valence-electron chi connectivity index (χ0n) is 12.2. The van der Waals surface area contributed by atoms with Crippen LogP contribution in [0.1, 0.15) is 30.0 Å². The van der Waals surface area contributed by atoms with E-state index < -0.39 is 6.61 Å². The van der Waals surface area contributed by atoms with Crippen LogP contribution in [-0.2, 0) is 6.54 Å². The number of alkyl halides is 2. The third-order valence-electron chi connectivity index (χ3n) is 3.32. The Morgan fingerprint density at radius 3 is 2.50 bits per heavy atom. The van der Waals surface area contributed by atoms with Gasteiger partial charge in [0.15, 0.2) is 0 Å². The summed E-state index contributed by atoms with van der Waals surface area (Å²) in [4.78, 5) is 0. The number of hydrogen-bond acceptors (Lipinski definition) is 3. The highest BCUT2D eigenvalue weighted by Gasteiger charge is 2.12. The second-order valence-electron chi connectivity index (χ2n) is 5.17. The van der Waals surface area contributed by atoms with Crippen molar-refractivity contribution >= 4 is 0 Å². The van der Waals surface area contributed by atoms with Crippen LogP contribution >= 0.6 is 0 Å². The van der Waals surface area contributed by atoms with Crippen molar-refractivity contribution in [2.24, 2.45) is 5.92 Å². The second-order valence-corrected chi connectivity index (χ2v) is 5.17. The van der Waals surface area contributed by atoms with Gasteiger partial charge in [0.25, 0.3) is 0 Å². The molecule has 0 fully saturated rings. The molecule has 1 aromatic carbocycles. The van der Waals surface area contributed by atoms with Crippen molar-refractivity contribution in [2.45, 2.75) is 40.3 Å². The number of benzene rings is 1. The number of nitrogens with one attached hydrogen (secondary N) is 1. The lowest BCUT2D eigenvalue weighted by Gasteiger charge is -2.16. The van der Waals surface area contributed by atoms with Gasteiger partial charge < -0.3 is 15.2 Å². The molecule has 1 rings (SSSR count). The van der Waals surface area contributed by atoms with Gasteiger partial charge in [-0.1, -0.05) is 13.0 Å². The Labute approximate surface area is 119 Å². The highest BCUT2D eigenvalue weighted by atomic mass is 19.3. The maximum Gasteiger partial charge on any atom is 0.387 e. The fraction of sp³-hybridized carbons (Fsp3) is 0.600. The molecule has 0 saturated carbocycles. The molecule has 1 atom stereocenters. The van der Waals surface area contributed by atoms with Crippen LogP contribution in [0.2, 0.25) is 0 Å². The number of aliphatic hydroxyl groups is 1. The van der Waals surface area contributed by atoms with Gasteiger partial charge in [-0.25, -0.2) is 0 Å². The predicted molar refractivity (Wildman–Crippen MR) is 75.1 cm³/mol. The average Bonchev–Trinajstić information content (AvgIpc) is 2.34. The maximum absolute atomic E-state index is 12.4. The Morgan fingerprint density at radius 1 is 1.25 bits per heavy atom. The van der Waals surface area contributed by atoms with Crippen LogP contribution in [0, 0.1) is 19.8 Å². The number of ether oxygens (including phenoxy) is 1. The van der Waals surface area contributed by atoms with Crippen LogP contribution in [-0.4, -0.2) is 24.9 Å². The first-order valence-corrected chi connectivity index (χ1v) is 6.80. The minimum Gasteiger partial charge on any atom is -0.434 e. The molecule has 0 aliphatic carbocycles. The summed E-state index contributed by atoms with van der Waals surface area (Å²) in [6.07, 6.45) is 0.723. The second kappa shape index (κ2) is 8.17. The van der Waals surface area contributed by atoms with Crippen LogP contribution in [0.4, 0.5) is 8.78 Å². The summed E-state index contributed by atoms with van der Waals surface area (Å²) in [6, 6.07) is 3.52. The molecule has 5 heteroatoms. The van der Waals surface area contributed by atoms with Crippen molar-refractivity contribution in [3.63, 3.8) is 0 Å². The van der Waals surface area contributed by atoms with E-state index in [0.29, 0.717) is 12.5 Å². The summed E-state index contributed by atoms with van der Waals surface area (Å²) >= 11 is 0. The SMILES string of the molecule is Cc1cc(CNCC(C)CCO)c(OC(F)F)cc1C. The van der Waals surface area contributed by atoms with Gasteiger partial charge in [0.2, 0.25) is 0 Å². The Morgan fingerprint density at radius 2 is 1.90 bits per heavy atom. The number of rotatable bonds is 8. The summed E-state index contributed by atoms with van der Waals surface area (Å²) in [5, 5.41) is 12.0. The summed E-state index contributed by atoms with van der Waals surface area (Å²) in [5.41, 5.74) is 2.70. The Kier molecular flexibility index (Phi) is 6.88. The van der Waals surface area contributed by atoms with Crippen molar-refractivity contribution in [1.29, 1.82) is 0 Å². The van der Waals surface area contributed by atoms with Crippen LogP contribution in [0.3, 0.4) is 0 Å². The smallest absolute Gasteiger partial charge is 0.387 e. The van der Waals surface area contributed by atoms with E-state index in [1.807, 2.05) is 26.8 Å². The van der Waals surface area contributed by atoms with Gasteiger partial charge in [0.1, 0.15) is 5.75 Å². The van der Waals surface area contributed by atoms with E-state index in [9.17, 15) is 8.78 Å². The lowest BCUT2D eigenvalue weighted by molar-refractivity contribution is -0.0505. The minimum atomic E-state index is -2.82. The highest BCUT2D eigenvalue weighted by molar-refractivity contribution is 5.41. The third kappa shape index (κ3) is 5.43. The molecule has 114 valence electrons. The molecule has 0 aliphatic rings. The normalized spacial score (nSPS) is 12.8. The van der Waals surface area contributed by atoms with Gasteiger partial charge in [-0.05, 0) is 49.9 Å². The zero-order chi connectivity index (χ0) is 15.1. The topological polar surface area (TPSA) is 41.5 Å². The summed E-state index contributed by atoms with van der Waals surface area (Å²) in [5.74, 6) is 0.566. The molecule has 1 unspecified atom stereocenters. The van der Waals surface area contributed by atoms with Crippen molar-refractivity contribution in [3.8, 4) is 5.75 Å². The van der Waals surface area contributed by atoms with Gasteiger partial charge in [-0.3, -0.25) is 0 Å². The molecule has 0 bridgehead atoms. The molecule has 2 N–H and O–H groups in total. The molecule has 0 aromatic heterocycles. The van der Waals surface area contributed by atoms with Crippen molar-refractivity contribution in [2.75, 3.05) is 13.2 Å². The van der Waals surface area contributed by atoms with E-state index in [1.54, 1.807) is 6.07 Å². The number of aliphatic hydroxyl groups excluding tert-OH is 1. The van der Waals surface area contributed by atoms with Crippen molar-refractivity contribution in [1.82, 2.24) is 5.32 Å². The third-order valence-corrected chi connectivity index (χ3v) is 3.32. The van der Waals surface area contributed by atoms with Crippen LogP contribution in [0.15, 0.2) is 12.1 Å². The molecule has 0 aliphatic heterocycles. The van der Waals surface area contributed by atoms with Gasteiger partial charge in [0, 0.05) is 18.7 Å². The van der Waals surface area contributed by atoms with Gasteiger partial charge in [-0.15, -0.1) is 0 Å². The van der Waals surface area contributed by atoms with E-state index in [1.165, 1.54) is 0 Å². The summed E-state index contributed by atoms with van der Waals surface area (Å²) in [7, 11) is 0. The summed E-state index contributed by atoms with van der Waals surface area (Å²) < 4.78 is 29.4. The largest absolute Gasteiger partial charge is 0.434 e. The van der Waals surface area contributed by atoms with Gasteiger partial charge >= 0.3 is 6.61 Å². The Balaban J connectivity index is 2.69. The molecular weight excluding hydrogens is 264 g/mol. The van der Waals surface area contributed by atoms with E-state index in [2.05, 4.69) is 10.1 Å². The Hall–Kier alpha value is -1.20. The lowest BCUT2D eigenvalue weighted by Crippen LogP contribution is -2.22. The van der Waals surface area contributed by atoms with Crippen LogP contribution in [0.5, 0.6) is 5.75 Å². The van der Waals surface area contributed by atoms with Gasteiger partial charge in [-0.2, -0.15) is 8.78 Å². The van der Waals surface area contributed by atoms with Crippen molar-refractivity contribution < 1.29 is 18.6 Å². The number of aryl methyl sites for hydroxylation is 2. The minimum absolute atomic E-state index is 0.159. The average molecular weight is 287 g/mol. The monoisotopic (exact) mass is 287 g/mol. The predicted octanol–water partition coefficient (Wildman–Crippen LogP) is 3.01. The number of halogens is 2. The molecule has 0 amide bonds. The van der Waals surface area contributed by atoms with E-state index >= 15 is 0 Å². The standard InChI is InChI=1S/C15H23F2NO2/c1-10(4-5-19)8-18-9-13-6-11(2)12(3)7-14(13)20-15(16)17/h6-7,10,15,18-19H,4-5,8-9H2,1-3H3. The molecule has 3 nitrogen and oxygen atoms in total. The first kappa shape index (κ1) is 16.9. The Bertz CT molecular complexity index is 425. The molecule has 20 heavy (non-hydrogen) atoms. The highest BCUT2D eigenvalue weighted by Crippen LogP contribution is 2.25. The quantitative estimate of drug-likeness (QED) is 0.772. The molecule has 0 spiro atoms. The zero-order valence-corrected chi connectivity index (χ0v) is 12.2. The first-order valence-electron chi connectivity index (χ1n) is 6.80. The lowest BCUT2D eigenvalue weighted by atomic mass is 10.0. The van der Waals surface area contributed by atoms with Crippen molar-refractivity contribution in [3.05, 3.63) is 28.8 Å². The summed E-state index contributed by atoms with van der Waals surface area (Å²) in [6.45, 7) is 4.38. The maximum atomic E-state index is 12.4.